The Morgan fingerprint density at radius 2 is 2.03 bits per heavy atom. The summed E-state index contributed by atoms with van der Waals surface area (Å²) in [5.74, 6) is 2.36. The normalized spacial score (nSPS) is 26.5. The zero-order valence-electron chi connectivity index (χ0n) is 17.6. The molecule has 6 heteroatoms. The van der Waals surface area contributed by atoms with Gasteiger partial charge in [0.15, 0.2) is 11.5 Å². The highest BCUT2D eigenvalue weighted by Gasteiger charge is 2.40. The highest BCUT2D eigenvalue weighted by molar-refractivity contribution is 5.92. The zero-order chi connectivity index (χ0) is 20.8. The van der Waals surface area contributed by atoms with E-state index in [1.54, 1.807) is 26.4 Å². The van der Waals surface area contributed by atoms with Gasteiger partial charge in [0.05, 0.1) is 14.2 Å². The van der Waals surface area contributed by atoms with Gasteiger partial charge < -0.3 is 20.1 Å². The lowest BCUT2D eigenvalue weighted by Gasteiger charge is -2.44. The van der Waals surface area contributed by atoms with E-state index < -0.39 is 0 Å². The van der Waals surface area contributed by atoms with Crippen LogP contribution in [0.5, 0.6) is 11.5 Å². The fraction of sp³-hybridized carbons (Fsp3) is 0.565. The summed E-state index contributed by atoms with van der Waals surface area (Å²) in [6, 6.07) is 5.80. The fourth-order valence-corrected chi connectivity index (χ4v) is 4.78. The molecule has 6 nitrogen and oxygen atoms in total. The topological polar surface area (TPSA) is 76.7 Å². The van der Waals surface area contributed by atoms with Crippen molar-refractivity contribution in [3.63, 3.8) is 0 Å². The van der Waals surface area contributed by atoms with E-state index in [1.807, 2.05) is 18.2 Å². The number of hydrogen-bond donors (Lipinski definition) is 2. The molecule has 1 heterocycles. The lowest BCUT2D eigenvalue weighted by molar-refractivity contribution is -0.127. The van der Waals surface area contributed by atoms with Gasteiger partial charge in [-0.2, -0.15) is 0 Å². The molecule has 1 aromatic rings. The number of carbonyl (C=O) groups excluding carboxylic acids is 2. The van der Waals surface area contributed by atoms with Crippen molar-refractivity contribution >= 4 is 17.9 Å². The Morgan fingerprint density at radius 3 is 2.76 bits per heavy atom. The van der Waals surface area contributed by atoms with Crippen LogP contribution in [-0.4, -0.2) is 38.1 Å². The van der Waals surface area contributed by atoms with Crippen LogP contribution < -0.4 is 20.1 Å². The van der Waals surface area contributed by atoms with Crippen molar-refractivity contribution in [2.24, 2.45) is 11.8 Å². The van der Waals surface area contributed by atoms with Crippen LogP contribution in [0.1, 0.15) is 51.0 Å². The third-order valence-electron chi connectivity index (χ3n) is 6.14. The summed E-state index contributed by atoms with van der Waals surface area (Å²) in [5, 5.41) is 6.26. The molecule has 1 aliphatic heterocycles. The Kier molecular flexibility index (Phi) is 7.18. The molecule has 0 spiro atoms. The van der Waals surface area contributed by atoms with Crippen LogP contribution in [0.2, 0.25) is 0 Å². The maximum Gasteiger partial charge on any atom is 0.244 e. The summed E-state index contributed by atoms with van der Waals surface area (Å²) in [4.78, 5) is 24.5. The van der Waals surface area contributed by atoms with E-state index >= 15 is 0 Å². The van der Waals surface area contributed by atoms with Crippen molar-refractivity contribution in [1.29, 1.82) is 0 Å². The largest absolute Gasteiger partial charge is 0.493 e. The number of methoxy groups -OCH3 is 2. The van der Waals surface area contributed by atoms with E-state index in [0.29, 0.717) is 29.8 Å². The Balaban J connectivity index is 1.56. The van der Waals surface area contributed by atoms with Crippen molar-refractivity contribution in [2.45, 2.75) is 57.5 Å². The third-order valence-corrected chi connectivity index (χ3v) is 6.14. The first-order chi connectivity index (χ1) is 14.0. The van der Waals surface area contributed by atoms with Gasteiger partial charge in [-0.3, -0.25) is 9.59 Å². The first kappa shape index (κ1) is 21.2. The second kappa shape index (κ2) is 9.81. The van der Waals surface area contributed by atoms with Crippen LogP contribution in [-0.2, 0) is 9.59 Å². The van der Waals surface area contributed by atoms with Crippen LogP contribution in [0.4, 0.5) is 0 Å². The fourth-order valence-electron chi connectivity index (χ4n) is 4.78. The molecule has 1 aromatic carbocycles. The molecule has 0 aromatic heterocycles. The smallest absolute Gasteiger partial charge is 0.244 e. The Labute approximate surface area is 173 Å². The number of benzene rings is 1. The summed E-state index contributed by atoms with van der Waals surface area (Å²) in [7, 11) is 3.18. The Morgan fingerprint density at radius 1 is 1.24 bits per heavy atom. The molecule has 2 aliphatic rings. The first-order valence-corrected chi connectivity index (χ1v) is 10.5. The lowest BCUT2D eigenvalue weighted by Crippen LogP contribution is -2.55. The van der Waals surface area contributed by atoms with Gasteiger partial charge in [0, 0.05) is 24.6 Å². The Hall–Kier alpha value is -2.50. The SMILES string of the molecule is CCCC1CC(=O)NC2CC(NC(=O)/C=C\c3ccc(OC)c(OC)c3)CCC12. The molecule has 1 saturated heterocycles. The first-order valence-electron chi connectivity index (χ1n) is 10.5. The van der Waals surface area contributed by atoms with Gasteiger partial charge in [-0.25, -0.2) is 0 Å². The van der Waals surface area contributed by atoms with Crippen LogP contribution in [0, 0.1) is 11.8 Å². The number of amides is 2. The predicted octanol–water partition coefficient (Wildman–Crippen LogP) is 3.31. The maximum absolute atomic E-state index is 12.4. The van der Waals surface area contributed by atoms with Gasteiger partial charge in [0.1, 0.15) is 0 Å². The van der Waals surface area contributed by atoms with Crippen LogP contribution in [0.25, 0.3) is 6.08 Å². The van der Waals surface area contributed by atoms with Gasteiger partial charge in [0.2, 0.25) is 11.8 Å². The molecule has 1 aliphatic carbocycles. The Bertz CT molecular complexity index is 761. The molecule has 3 rings (SSSR count). The molecule has 4 atom stereocenters. The van der Waals surface area contributed by atoms with E-state index in [4.69, 9.17) is 9.47 Å². The molecule has 4 unspecified atom stereocenters. The van der Waals surface area contributed by atoms with Crippen molar-refractivity contribution in [3.8, 4) is 11.5 Å². The number of nitrogens with one attached hydrogen (secondary N) is 2. The van der Waals surface area contributed by atoms with Crippen LogP contribution in [0.3, 0.4) is 0 Å². The van der Waals surface area contributed by atoms with E-state index in [0.717, 1.165) is 37.7 Å². The molecule has 158 valence electrons. The second-order valence-corrected chi connectivity index (χ2v) is 8.06. The van der Waals surface area contributed by atoms with Gasteiger partial charge in [0.25, 0.3) is 0 Å². The summed E-state index contributed by atoms with van der Waals surface area (Å²) in [6.07, 6.45) is 9.02. The number of carbonyl (C=O) groups is 2. The molecule has 2 N–H and O–H groups in total. The average molecular weight is 401 g/mol. The highest BCUT2D eigenvalue weighted by Crippen LogP contribution is 2.37. The van der Waals surface area contributed by atoms with Gasteiger partial charge in [-0.05, 0) is 61.3 Å². The minimum absolute atomic E-state index is 0.0967. The van der Waals surface area contributed by atoms with Gasteiger partial charge in [-0.1, -0.05) is 19.4 Å². The standard InChI is InChI=1S/C23H32N2O4/c1-4-5-16-13-23(27)25-19-14-17(8-9-18(16)19)24-22(26)11-7-15-6-10-20(28-2)21(12-15)29-3/h6-7,10-12,16-19H,4-5,8-9,13-14H2,1-3H3,(H,24,26)(H,25,27)/b11-7-. The van der Waals surface area contributed by atoms with E-state index in [9.17, 15) is 9.59 Å². The van der Waals surface area contributed by atoms with Gasteiger partial charge in [-0.15, -0.1) is 0 Å². The third kappa shape index (κ3) is 5.31. The molecule has 29 heavy (non-hydrogen) atoms. The molecular formula is C23H32N2O4. The lowest BCUT2D eigenvalue weighted by atomic mass is 9.70. The molecule has 0 radical (unpaired) electrons. The summed E-state index contributed by atoms with van der Waals surface area (Å²) >= 11 is 0. The molecule has 1 saturated carbocycles. The maximum atomic E-state index is 12.4. The zero-order valence-corrected chi connectivity index (χ0v) is 17.6. The second-order valence-electron chi connectivity index (χ2n) is 8.06. The van der Waals surface area contributed by atoms with E-state index in [1.165, 1.54) is 0 Å². The molecule has 2 fully saturated rings. The van der Waals surface area contributed by atoms with Gasteiger partial charge >= 0.3 is 0 Å². The van der Waals surface area contributed by atoms with Crippen molar-refractivity contribution in [1.82, 2.24) is 10.6 Å². The summed E-state index contributed by atoms with van der Waals surface area (Å²) in [5.41, 5.74) is 0.864. The number of ether oxygens (including phenoxy) is 2. The van der Waals surface area contributed by atoms with Crippen LogP contribution >= 0.6 is 0 Å². The van der Waals surface area contributed by atoms with Crippen molar-refractivity contribution in [2.75, 3.05) is 14.2 Å². The number of rotatable bonds is 7. The summed E-state index contributed by atoms with van der Waals surface area (Å²) in [6.45, 7) is 2.18. The van der Waals surface area contributed by atoms with Crippen LogP contribution in [0.15, 0.2) is 24.3 Å². The summed E-state index contributed by atoms with van der Waals surface area (Å²) < 4.78 is 10.5. The number of piperidine rings is 1. The number of hydrogen-bond acceptors (Lipinski definition) is 4. The van der Waals surface area contributed by atoms with Crippen molar-refractivity contribution < 1.29 is 19.1 Å². The molecule has 0 bridgehead atoms. The highest BCUT2D eigenvalue weighted by atomic mass is 16.5. The van der Waals surface area contributed by atoms with E-state index in [-0.39, 0.29) is 23.9 Å². The predicted molar refractivity (Wildman–Crippen MR) is 113 cm³/mol. The number of fused-ring (bicyclic) bond motifs is 1. The minimum Gasteiger partial charge on any atom is -0.493 e. The van der Waals surface area contributed by atoms with Crippen molar-refractivity contribution in [3.05, 3.63) is 29.8 Å². The average Bonchev–Trinajstić information content (AvgIpc) is 2.71. The van der Waals surface area contributed by atoms with E-state index in [2.05, 4.69) is 17.6 Å². The monoisotopic (exact) mass is 400 g/mol. The molecular weight excluding hydrogens is 368 g/mol. The minimum atomic E-state index is -0.115. The molecule has 2 amide bonds. The quantitative estimate of drug-likeness (QED) is 0.689.